The minimum absolute atomic E-state index is 0.201. The number of carboxylic acid groups (broad SMARTS) is 1. The minimum atomic E-state index is -1.43. The van der Waals surface area contributed by atoms with Crippen LogP contribution in [-0.4, -0.2) is 33.7 Å². The van der Waals surface area contributed by atoms with Gasteiger partial charge < -0.3 is 15.5 Å². The second-order valence-electron chi connectivity index (χ2n) is 6.02. The molecule has 1 saturated heterocycles. The second kappa shape index (κ2) is 6.03. The molecule has 7 nitrogen and oxygen atoms in total. The predicted molar refractivity (Wildman–Crippen MR) is 88.9 cm³/mol. The summed E-state index contributed by atoms with van der Waals surface area (Å²) in [5, 5.41) is 24.0. The zero-order valence-electron chi connectivity index (χ0n) is 13.3. The highest BCUT2D eigenvalue weighted by atomic mass is 16.4. The molecular formula is C18H16N2O5. The van der Waals surface area contributed by atoms with Crippen molar-refractivity contribution in [1.82, 2.24) is 10.6 Å². The van der Waals surface area contributed by atoms with E-state index in [2.05, 4.69) is 10.6 Å². The first-order chi connectivity index (χ1) is 11.8. The Balaban J connectivity index is 1.83. The summed E-state index contributed by atoms with van der Waals surface area (Å²) in [6.07, 6.45) is -1.21. The van der Waals surface area contributed by atoms with Gasteiger partial charge in [-0.15, -0.1) is 0 Å². The summed E-state index contributed by atoms with van der Waals surface area (Å²) in [5.74, 6) is -1.58. The quantitative estimate of drug-likeness (QED) is 0.632. The molecule has 0 aromatic heterocycles. The first-order valence-corrected chi connectivity index (χ1v) is 7.56. The molecule has 0 spiro atoms. The van der Waals surface area contributed by atoms with E-state index in [9.17, 15) is 19.5 Å². The lowest BCUT2D eigenvalue weighted by atomic mass is 9.89. The lowest BCUT2D eigenvalue weighted by Gasteiger charge is -2.27. The molecule has 3 rings (SSSR count). The van der Waals surface area contributed by atoms with Crippen LogP contribution >= 0.6 is 0 Å². The number of urea groups is 1. The van der Waals surface area contributed by atoms with Crippen molar-refractivity contribution in [3.05, 3.63) is 59.7 Å². The highest BCUT2D eigenvalue weighted by Crippen LogP contribution is 2.30. The van der Waals surface area contributed by atoms with Gasteiger partial charge in [-0.25, -0.2) is 9.59 Å². The summed E-state index contributed by atoms with van der Waals surface area (Å²) in [6.45, 7) is 1.45. The van der Waals surface area contributed by atoms with Crippen LogP contribution in [0.5, 0.6) is 0 Å². The molecule has 3 amide bonds. The van der Waals surface area contributed by atoms with Gasteiger partial charge in [-0.1, -0.05) is 36.4 Å². The summed E-state index contributed by atoms with van der Waals surface area (Å²) < 4.78 is 0. The summed E-state index contributed by atoms with van der Waals surface area (Å²) in [4.78, 5) is 34.1. The van der Waals surface area contributed by atoms with Gasteiger partial charge >= 0.3 is 12.0 Å². The molecule has 2 unspecified atom stereocenters. The lowest BCUT2D eigenvalue weighted by Crippen LogP contribution is -2.49. The van der Waals surface area contributed by atoms with E-state index in [-0.39, 0.29) is 5.56 Å². The maximum absolute atomic E-state index is 11.9. The van der Waals surface area contributed by atoms with E-state index in [4.69, 9.17) is 5.11 Å². The summed E-state index contributed by atoms with van der Waals surface area (Å²) in [7, 11) is 0. The highest BCUT2D eigenvalue weighted by Gasteiger charge is 2.48. The lowest BCUT2D eigenvalue weighted by molar-refractivity contribution is -0.127. The second-order valence-corrected chi connectivity index (χ2v) is 6.02. The van der Waals surface area contributed by atoms with Crippen LogP contribution in [0.3, 0.4) is 0 Å². The van der Waals surface area contributed by atoms with Crippen LogP contribution in [-0.2, 0) is 4.79 Å². The van der Waals surface area contributed by atoms with E-state index in [1.54, 1.807) is 36.4 Å². The van der Waals surface area contributed by atoms with E-state index >= 15 is 0 Å². The van der Waals surface area contributed by atoms with Gasteiger partial charge in [0.2, 0.25) is 0 Å². The molecule has 1 aliphatic heterocycles. The van der Waals surface area contributed by atoms with Crippen molar-refractivity contribution in [3.63, 3.8) is 0 Å². The molecule has 0 aliphatic carbocycles. The number of hydrogen-bond acceptors (Lipinski definition) is 4. The molecule has 25 heavy (non-hydrogen) atoms. The molecule has 1 aliphatic rings. The number of rotatable bonds is 4. The van der Waals surface area contributed by atoms with Gasteiger partial charge in [-0.2, -0.15) is 0 Å². The molecule has 7 heteroatoms. The number of carboxylic acids is 1. The molecule has 0 saturated carbocycles. The Morgan fingerprint density at radius 1 is 1.00 bits per heavy atom. The van der Waals surface area contributed by atoms with E-state index in [0.717, 1.165) is 11.1 Å². The fourth-order valence-electron chi connectivity index (χ4n) is 2.75. The molecule has 2 atom stereocenters. The van der Waals surface area contributed by atoms with Crippen LogP contribution in [0.2, 0.25) is 0 Å². The SMILES string of the molecule is CC1(C(O)c2ccc(-c3ccc(C(=O)O)cc3)cc2)NC(=O)NC1=O. The fourth-order valence-corrected chi connectivity index (χ4v) is 2.75. The first-order valence-electron chi connectivity index (χ1n) is 7.56. The first kappa shape index (κ1) is 16.7. The number of benzene rings is 2. The number of aliphatic hydroxyl groups is 1. The molecule has 2 aromatic rings. The Bertz CT molecular complexity index is 845. The number of amides is 3. The number of imide groups is 1. The van der Waals surface area contributed by atoms with E-state index in [0.29, 0.717) is 5.56 Å². The van der Waals surface area contributed by atoms with Gasteiger partial charge in [-0.3, -0.25) is 10.1 Å². The molecule has 1 fully saturated rings. The average molecular weight is 340 g/mol. The number of aliphatic hydroxyl groups excluding tert-OH is 1. The molecule has 0 radical (unpaired) electrons. The van der Waals surface area contributed by atoms with E-state index in [1.165, 1.54) is 19.1 Å². The van der Waals surface area contributed by atoms with Crippen molar-refractivity contribution in [1.29, 1.82) is 0 Å². The Labute approximate surface area is 143 Å². The van der Waals surface area contributed by atoms with Crippen molar-refractivity contribution >= 4 is 17.9 Å². The van der Waals surface area contributed by atoms with Crippen molar-refractivity contribution in [2.75, 3.05) is 0 Å². The number of nitrogens with one attached hydrogen (secondary N) is 2. The van der Waals surface area contributed by atoms with Crippen LogP contribution in [0.25, 0.3) is 11.1 Å². The highest BCUT2D eigenvalue weighted by molar-refractivity contribution is 6.07. The summed E-state index contributed by atoms with van der Waals surface area (Å²) >= 11 is 0. The third kappa shape index (κ3) is 2.97. The van der Waals surface area contributed by atoms with Crippen LogP contribution < -0.4 is 10.6 Å². The molecule has 128 valence electrons. The molecular weight excluding hydrogens is 324 g/mol. The monoisotopic (exact) mass is 340 g/mol. The van der Waals surface area contributed by atoms with Crippen LogP contribution in [0, 0.1) is 0 Å². The number of carbonyl (C=O) groups is 3. The average Bonchev–Trinajstić information content (AvgIpc) is 2.87. The Morgan fingerprint density at radius 3 is 1.96 bits per heavy atom. The standard InChI is InChI=1S/C18H16N2O5/c1-18(16(24)19-17(25)20-18)14(21)12-6-2-10(3-7-12)11-4-8-13(9-5-11)15(22)23/h2-9,14,21H,1H3,(H,22,23)(H2,19,20,24,25). The van der Waals surface area contributed by atoms with E-state index in [1.807, 2.05) is 0 Å². The van der Waals surface area contributed by atoms with Gasteiger partial charge in [0.25, 0.3) is 5.91 Å². The van der Waals surface area contributed by atoms with Gasteiger partial charge in [0, 0.05) is 0 Å². The molecule has 1 heterocycles. The van der Waals surface area contributed by atoms with Crippen molar-refractivity contribution in [2.45, 2.75) is 18.6 Å². The van der Waals surface area contributed by atoms with Crippen LogP contribution in [0.1, 0.15) is 28.9 Å². The predicted octanol–water partition coefficient (Wildman–Crippen LogP) is 1.68. The van der Waals surface area contributed by atoms with Gasteiger partial charge in [-0.05, 0) is 35.7 Å². The van der Waals surface area contributed by atoms with Crippen LogP contribution in [0.15, 0.2) is 48.5 Å². The number of hydrogen-bond donors (Lipinski definition) is 4. The molecule has 4 N–H and O–H groups in total. The van der Waals surface area contributed by atoms with Crippen molar-refractivity contribution in [3.8, 4) is 11.1 Å². The van der Waals surface area contributed by atoms with Gasteiger partial charge in [0.05, 0.1) is 5.56 Å². The Kier molecular flexibility index (Phi) is 4.02. The maximum atomic E-state index is 11.9. The minimum Gasteiger partial charge on any atom is -0.478 e. The van der Waals surface area contributed by atoms with Crippen molar-refractivity contribution < 1.29 is 24.6 Å². The van der Waals surface area contributed by atoms with E-state index < -0.39 is 29.6 Å². The third-order valence-electron chi connectivity index (χ3n) is 4.31. The normalized spacial score (nSPS) is 20.7. The Morgan fingerprint density at radius 2 is 1.52 bits per heavy atom. The maximum Gasteiger partial charge on any atom is 0.335 e. The van der Waals surface area contributed by atoms with Gasteiger partial charge in [0.15, 0.2) is 0 Å². The topological polar surface area (TPSA) is 116 Å². The zero-order valence-corrected chi connectivity index (χ0v) is 13.3. The third-order valence-corrected chi connectivity index (χ3v) is 4.31. The van der Waals surface area contributed by atoms with Crippen LogP contribution in [0.4, 0.5) is 4.79 Å². The largest absolute Gasteiger partial charge is 0.478 e. The smallest absolute Gasteiger partial charge is 0.335 e. The summed E-state index contributed by atoms with van der Waals surface area (Å²) in [5.41, 5.74) is 0.904. The Hall–Kier alpha value is -3.19. The molecule has 0 bridgehead atoms. The number of carbonyl (C=O) groups excluding carboxylic acids is 2. The zero-order chi connectivity index (χ0) is 18.2. The molecule has 2 aromatic carbocycles. The fraction of sp³-hybridized carbons (Fsp3) is 0.167. The number of aromatic carboxylic acids is 1. The van der Waals surface area contributed by atoms with Crippen molar-refractivity contribution in [2.24, 2.45) is 0 Å². The van der Waals surface area contributed by atoms with Gasteiger partial charge in [0.1, 0.15) is 11.6 Å². The summed E-state index contributed by atoms with van der Waals surface area (Å²) in [6, 6.07) is 12.6.